The van der Waals surface area contributed by atoms with Crippen LogP contribution in [0.1, 0.15) is 36.8 Å². The van der Waals surface area contributed by atoms with Gasteiger partial charge in [0.1, 0.15) is 11.5 Å². The van der Waals surface area contributed by atoms with Gasteiger partial charge in [-0.15, -0.1) is 0 Å². The number of amides is 1. The number of nitrogens with zero attached hydrogens (tertiary/aromatic N) is 2. The van der Waals surface area contributed by atoms with Gasteiger partial charge in [-0.05, 0) is 38.0 Å². The van der Waals surface area contributed by atoms with Crippen LogP contribution in [-0.4, -0.2) is 34.6 Å². The fourth-order valence-electron chi connectivity index (χ4n) is 3.55. The minimum atomic E-state index is -0.555. The molecule has 0 aliphatic rings. The second-order valence-electron chi connectivity index (χ2n) is 7.08. The Kier molecular flexibility index (Phi) is 6.34. The molecular weight excluding hydrogens is 387 g/mol. The molecule has 0 aliphatic carbocycles. The van der Waals surface area contributed by atoms with Gasteiger partial charge in [-0.1, -0.05) is 18.2 Å². The number of rotatable bonds is 7. The highest BCUT2D eigenvalue weighted by molar-refractivity contribution is 6.10. The summed E-state index contributed by atoms with van der Waals surface area (Å²) < 4.78 is 20.6. The van der Waals surface area contributed by atoms with E-state index >= 15 is 0 Å². The number of hydrogen-bond acceptors (Lipinski definition) is 5. The van der Waals surface area contributed by atoms with Gasteiger partial charge in [0.15, 0.2) is 5.69 Å². The van der Waals surface area contributed by atoms with Crippen LogP contribution >= 0.6 is 0 Å². The Hall–Kier alpha value is -3.42. The number of carbonyl (C=O) groups is 2. The van der Waals surface area contributed by atoms with Crippen LogP contribution in [0, 0.1) is 5.82 Å². The molecule has 0 spiro atoms. The third kappa shape index (κ3) is 4.27. The number of aryl methyl sites for hydroxylation is 1. The molecule has 1 aromatic carbocycles. The van der Waals surface area contributed by atoms with Gasteiger partial charge in [0.2, 0.25) is 5.91 Å². The quantitative estimate of drug-likeness (QED) is 0.574. The Morgan fingerprint density at radius 1 is 1.30 bits per heavy atom. The maximum Gasteiger partial charge on any atom is 0.356 e. The van der Waals surface area contributed by atoms with Crippen molar-refractivity contribution in [1.29, 1.82) is 0 Å². The highest BCUT2D eigenvalue weighted by Gasteiger charge is 2.25. The number of halogens is 1. The standard InChI is InChI=1S/C22H25FN4O3/c1-5-27-20(22(29)30-4)19(26-14(3)28)17-11-16(12-24-21(17)27)25-13(2)10-15-8-6-7-9-18(15)23/h6-9,11-13,25H,5,10H2,1-4H3,(H,26,28). The van der Waals surface area contributed by atoms with Crippen LogP contribution in [0.3, 0.4) is 0 Å². The first-order chi connectivity index (χ1) is 14.3. The summed E-state index contributed by atoms with van der Waals surface area (Å²) in [6, 6.07) is 8.42. The molecule has 0 radical (unpaired) electrons. The fourth-order valence-corrected chi connectivity index (χ4v) is 3.55. The van der Waals surface area contributed by atoms with Gasteiger partial charge in [-0.25, -0.2) is 14.2 Å². The topological polar surface area (TPSA) is 85.2 Å². The van der Waals surface area contributed by atoms with Gasteiger partial charge < -0.3 is 19.9 Å². The summed E-state index contributed by atoms with van der Waals surface area (Å²) in [5.41, 5.74) is 2.49. The number of aromatic nitrogens is 2. The molecule has 3 aromatic rings. The highest BCUT2D eigenvalue weighted by Crippen LogP contribution is 2.32. The van der Waals surface area contributed by atoms with Gasteiger partial charge in [0, 0.05) is 24.9 Å². The molecule has 0 aliphatic heterocycles. The SMILES string of the molecule is CCn1c(C(=O)OC)c(NC(C)=O)c2cc(NC(C)Cc3ccccc3F)cnc21. The molecule has 0 bridgehead atoms. The molecule has 3 rings (SSSR count). The largest absolute Gasteiger partial charge is 0.464 e. The third-order valence-corrected chi connectivity index (χ3v) is 4.79. The first kappa shape index (κ1) is 21.3. The third-order valence-electron chi connectivity index (χ3n) is 4.79. The van der Waals surface area contributed by atoms with Gasteiger partial charge in [0.05, 0.1) is 24.7 Å². The number of ether oxygens (including phenoxy) is 1. The number of pyridine rings is 1. The number of carbonyl (C=O) groups excluding carboxylic acids is 2. The van der Waals surface area contributed by atoms with Crippen molar-refractivity contribution >= 4 is 34.3 Å². The predicted octanol–water partition coefficient (Wildman–Crippen LogP) is 3.98. The first-order valence-electron chi connectivity index (χ1n) is 9.73. The number of anilines is 2. The zero-order valence-corrected chi connectivity index (χ0v) is 17.5. The smallest absolute Gasteiger partial charge is 0.356 e. The van der Waals surface area contributed by atoms with E-state index in [1.165, 1.54) is 20.1 Å². The van der Waals surface area contributed by atoms with E-state index in [9.17, 15) is 14.0 Å². The molecule has 0 saturated heterocycles. The molecule has 1 unspecified atom stereocenters. The van der Waals surface area contributed by atoms with E-state index in [0.29, 0.717) is 40.9 Å². The van der Waals surface area contributed by atoms with Crippen LogP contribution in [0.5, 0.6) is 0 Å². The van der Waals surface area contributed by atoms with E-state index in [-0.39, 0.29) is 23.5 Å². The monoisotopic (exact) mass is 412 g/mol. The molecule has 1 amide bonds. The molecule has 7 nitrogen and oxygen atoms in total. The maximum atomic E-state index is 13.9. The number of fused-ring (bicyclic) bond motifs is 1. The van der Waals surface area contributed by atoms with Crippen molar-refractivity contribution in [3.8, 4) is 0 Å². The average molecular weight is 412 g/mol. The second kappa shape index (κ2) is 8.94. The van der Waals surface area contributed by atoms with E-state index in [0.717, 1.165) is 0 Å². The lowest BCUT2D eigenvalue weighted by Crippen LogP contribution is -2.18. The van der Waals surface area contributed by atoms with Gasteiger partial charge in [-0.3, -0.25) is 4.79 Å². The number of hydrogen-bond donors (Lipinski definition) is 2. The summed E-state index contributed by atoms with van der Waals surface area (Å²) >= 11 is 0. The molecule has 2 heterocycles. The van der Waals surface area contributed by atoms with Crippen molar-refractivity contribution in [1.82, 2.24) is 9.55 Å². The van der Waals surface area contributed by atoms with E-state index in [1.807, 2.05) is 19.9 Å². The molecule has 8 heteroatoms. The summed E-state index contributed by atoms with van der Waals surface area (Å²) in [7, 11) is 1.29. The zero-order valence-electron chi connectivity index (χ0n) is 17.5. The van der Waals surface area contributed by atoms with Gasteiger partial charge in [0.25, 0.3) is 0 Å². The molecule has 2 N–H and O–H groups in total. The Morgan fingerprint density at radius 3 is 2.67 bits per heavy atom. The summed E-state index contributed by atoms with van der Waals surface area (Å²) in [4.78, 5) is 28.7. The predicted molar refractivity (Wildman–Crippen MR) is 114 cm³/mol. The van der Waals surface area contributed by atoms with Crippen molar-refractivity contribution in [3.05, 3.63) is 53.6 Å². The maximum absolute atomic E-state index is 13.9. The van der Waals surface area contributed by atoms with Gasteiger partial charge in [-0.2, -0.15) is 0 Å². The lowest BCUT2D eigenvalue weighted by atomic mass is 10.1. The Labute approximate surface area is 174 Å². The molecule has 2 aromatic heterocycles. The molecule has 0 fully saturated rings. The Morgan fingerprint density at radius 2 is 2.03 bits per heavy atom. The van der Waals surface area contributed by atoms with E-state index in [1.54, 1.807) is 29.0 Å². The number of esters is 1. The summed E-state index contributed by atoms with van der Waals surface area (Å²) in [5, 5.41) is 6.67. The van der Waals surface area contributed by atoms with Crippen LogP contribution < -0.4 is 10.6 Å². The lowest BCUT2D eigenvalue weighted by molar-refractivity contribution is -0.114. The van der Waals surface area contributed by atoms with Crippen LogP contribution in [0.4, 0.5) is 15.8 Å². The van der Waals surface area contributed by atoms with Crippen LogP contribution in [0.15, 0.2) is 36.5 Å². The first-order valence-corrected chi connectivity index (χ1v) is 9.73. The summed E-state index contributed by atoms with van der Waals surface area (Å²) in [5.74, 6) is -1.10. The van der Waals surface area contributed by atoms with Crippen molar-refractivity contribution < 1.29 is 18.7 Å². The fraction of sp³-hybridized carbons (Fsp3) is 0.318. The summed E-state index contributed by atoms with van der Waals surface area (Å²) in [6.45, 7) is 5.68. The van der Waals surface area contributed by atoms with Crippen molar-refractivity contribution in [2.75, 3.05) is 17.7 Å². The minimum Gasteiger partial charge on any atom is -0.464 e. The molecule has 1 atom stereocenters. The summed E-state index contributed by atoms with van der Waals surface area (Å²) in [6.07, 6.45) is 2.15. The second-order valence-corrected chi connectivity index (χ2v) is 7.08. The highest BCUT2D eigenvalue weighted by atomic mass is 19.1. The van der Waals surface area contributed by atoms with Crippen LogP contribution in [0.25, 0.3) is 11.0 Å². The number of nitrogens with one attached hydrogen (secondary N) is 2. The van der Waals surface area contributed by atoms with Crippen molar-refractivity contribution in [2.45, 2.75) is 39.8 Å². The van der Waals surface area contributed by atoms with Crippen LogP contribution in [0.2, 0.25) is 0 Å². The Bertz CT molecular complexity index is 1090. The average Bonchev–Trinajstić information content (AvgIpc) is 3.01. The van der Waals surface area contributed by atoms with E-state index in [4.69, 9.17) is 4.74 Å². The van der Waals surface area contributed by atoms with E-state index < -0.39 is 5.97 Å². The lowest BCUT2D eigenvalue weighted by Gasteiger charge is -2.16. The molecular formula is C22H25FN4O3. The van der Waals surface area contributed by atoms with Crippen molar-refractivity contribution in [2.24, 2.45) is 0 Å². The van der Waals surface area contributed by atoms with Crippen LogP contribution in [-0.2, 0) is 22.5 Å². The minimum absolute atomic E-state index is 0.0706. The van der Waals surface area contributed by atoms with Gasteiger partial charge >= 0.3 is 5.97 Å². The number of benzene rings is 1. The zero-order chi connectivity index (χ0) is 21.8. The Balaban J connectivity index is 1.99. The van der Waals surface area contributed by atoms with Crippen molar-refractivity contribution in [3.63, 3.8) is 0 Å². The molecule has 0 saturated carbocycles. The van der Waals surface area contributed by atoms with E-state index in [2.05, 4.69) is 15.6 Å². The molecule has 30 heavy (non-hydrogen) atoms. The normalized spacial score (nSPS) is 11.9. The number of methoxy groups -OCH3 is 1. The molecule has 158 valence electrons.